The standard InChI is InChI=1S/C16H18N2O/c1-12-4-3-9-18(11-12)16(19)14-6-2-5-13-7-8-17-10-15(13)14/h2,5-8,10,12H,3-4,9,11H2,1H3. The summed E-state index contributed by atoms with van der Waals surface area (Å²) < 4.78 is 0. The second kappa shape index (κ2) is 5.00. The van der Waals surface area contributed by atoms with E-state index in [0.29, 0.717) is 5.92 Å². The average molecular weight is 254 g/mol. The van der Waals surface area contributed by atoms with Gasteiger partial charge in [0.2, 0.25) is 0 Å². The second-order valence-electron chi connectivity index (χ2n) is 5.40. The van der Waals surface area contributed by atoms with Gasteiger partial charge in [0.25, 0.3) is 5.91 Å². The van der Waals surface area contributed by atoms with E-state index in [9.17, 15) is 4.79 Å². The van der Waals surface area contributed by atoms with Crippen LogP contribution in [-0.4, -0.2) is 28.9 Å². The Bertz CT molecular complexity index is 603. The molecule has 0 radical (unpaired) electrons. The van der Waals surface area contributed by atoms with Crippen LogP contribution >= 0.6 is 0 Å². The third-order valence-electron chi connectivity index (χ3n) is 3.86. The number of benzene rings is 1. The lowest BCUT2D eigenvalue weighted by atomic mass is 9.98. The van der Waals surface area contributed by atoms with E-state index >= 15 is 0 Å². The van der Waals surface area contributed by atoms with Crippen molar-refractivity contribution in [3.05, 3.63) is 42.2 Å². The molecule has 1 aromatic carbocycles. The zero-order valence-electron chi connectivity index (χ0n) is 11.2. The van der Waals surface area contributed by atoms with Crippen molar-refractivity contribution in [2.24, 2.45) is 5.92 Å². The number of amides is 1. The van der Waals surface area contributed by atoms with Gasteiger partial charge in [-0.05, 0) is 36.3 Å². The van der Waals surface area contributed by atoms with E-state index in [2.05, 4.69) is 11.9 Å². The number of nitrogens with zero attached hydrogens (tertiary/aromatic N) is 2. The number of fused-ring (bicyclic) bond motifs is 1. The molecule has 0 bridgehead atoms. The summed E-state index contributed by atoms with van der Waals surface area (Å²) in [6, 6.07) is 7.83. The van der Waals surface area contributed by atoms with Gasteiger partial charge in [0.15, 0.2) is 0 Å². The van der Waals surface area contributed by atoms with Crippen LogP contribution in [-0.2, 0) is 0 Å². The lowest BCUT2D eigenvalue weighted by Crippen LogP contribution is -2.39. The van der Waals surface area contributed by atoms with Crippen molar-refractivity contribution in [3.8, 4) is 0 Å². The first-order valence-electron chi connectivity index (χ1n) is 6.88. The first kappa shape index (κ1) is 12.2. The van der Waals surface area contributed by atoms with Crippen molar-refractivity contribution in [3.63, 3.8) is 0 Å². The summed E-state index contributed by atoms with van der Waals surface area (Å²) >= 11 is 0. The lowest BCUT2D eigenvalue weighted by Gasteiger charge is -2.31. The summed E-state index contributed by atoms with van der Waals surface area (Å²) in [5.74, 6) is 0.746. The Morgan fingerprint density at radius 3 is 3.11 bits per heavy atom. The van der Waals surface area contributed by atoms with Crippen molar-refractivity contribution in [2.45, 2.75) is 19.8 Å². The highest BCUT2D eigenvalue weighted by atomic mass is 16.2. The first-order chi connectivity index (χ1) is 9.25. The fourth-order valence-corrected chi connectivity index (χ4v) is 2.84. The molecule has 3 rings (SSSR count). The van der Waals surface area contributed by atoms with Gasteiger partial charge in [-0.25, -0.2) is 0 Å². The highest BCUT2D eigenvalue weighted by Crippen LogP contribution is 2.22. The predicted molar refractivity (Wildman–Crippen MR) is 76.0 cm³/mol. The second-order valence-corrected chi connectivity index (χ2v) is 5.40. The van der Waals surface area contributed by atoms with Crippen LogP contribution in [0.15, 0.2) is 36.7 Å². The van der Waals surface area contributed by atoms with Gasteiger partial charge in [0.05, 0.1) is 0 Å². The third-order valence-corrected chi connectivity index (χ3v) is 3.86. The minimum atomic E-state index is 0.144. The van der Waals surface area contributed by atoms with E-state index in [-0.39, 0.29) is 5.91 Å². The van der Waals surface area contributed by atoms with E-state index in [1.807, 2.05) is 29.2 Å². The fraction of sp³-hybridized carbons (Fsp3) is 0.375. The van der Waals surface area contributed by atoms with Crippen LogP contribution < -0.4 is 0 Å². The average Bonchev–Trinajstić information content (AvgIpc) is 2.46. The van der Waals surface area contributed by atoms with Crippen LogP contribution in [0.4, 0.5) is 0 Å². The maximum Gasteiger partial charge on any atom is 0.254 e. The van der Waals surface area contributed by atoms with Crippen LogP contribution in [0.5, 0.6) is 0 Å². The van der Waals surface area contributed by atoms with Crippen LogP contribution in [0.2, 0.25) is 0 Å². The van der Waals surface area contributed by atoms with Crippen molar-refractivity contribution < 1.29 is 4.79 Å². The van der Waals surface area contributed by atoms with E-state index < -0.39 is 0 Å². The molecule has 98 valence electrons. The molecule has 1 atom stereocenters. The third kappa shape index (κ3) is 2.33. The van der Waals surface area contributed by atoms with Gasteiger partial charge in [-0.15, -0.1) is 0 Å². The molecule has 3 heteroatoms. The minimum Gasteiger partial charge on any atom is -0.338 e. The summed E-state index contributed by atoms with van der Waals surface area (Å²) in [6.45, 7) is 3.96. The molecular weight excluding hydrogens is 236 g/mol. The van der Waals surface area contributed by atoms with Crippen molar-refractivity contribution in [1.82, 2.24) is 9.88 Å². The minimum absolute atomic E-state index is 0.144. The summed E-state index contributed by atoms with van der Waals surface area (Å²) in [7, 11) is 0. The van der Waals surface area contributed by atoms with Gasteiger partial charge in [-0.3, -0.25) is 9.78 Å². The fourth-order valence-electron chi connectivity index (χ4n) is 2.84. The van der Waals surface area contributed by atoms with Gasteiger partial charge in [-0.2, -0.15) is 0 Å². The quantitative estimate of drug-likeness (QED) is 0.783. The molecule has 0 spiro atoms. The molecule has 3 nitrogen and oxygen atoms in total. The highest BCUT2D eigenvalue weighted by molar-refractivity contribution is 6.06. The summed E-state index contributed by atoms with van der Waals surface area (Å²) in [6.07, 6.45) is 5.88. The Labute approximate surface area is 113 Å². The molecule has 0 saturated carbocycles. The van der Waals surface area contributed by atoms with Crippen molar-refractivity contribution in [1.29, 1.82) is 0 Å². The maximum atomic E-state index is 12.7. The number of rotatable bonds is 1. The summed E-state index contributed by atoms with van der Waals surface area (Å²) in [5, 5.41) is 2.03. The van der Waals surface area contributed by atoms with Crippen LogP contribution in [0.25, 0.3) is 10.8 Å². The molecule has 1 aliphatic heterocycles. The molecule has 2 heterocycles. The molecule has 1 aliphatic rings. The monoisotopic (exact) mass is 254 g/mol. The van der Waals surface area contributed by atoms with Gasteiger partial charge in [0, 0.05) is 36.4 Å². The molecule has 0 N–H and O–H groups in total. The number of carbonyl (C=O) groups excluding carboxylic acids is 1. The smallest absolute Gasteiger partial charge is 0.254 e. The number of hydrogen-bond acceptors (Lipinski definition) is 2. The first-order valence-corrected chi connectivity index (χ1v) is 6.88. The molecular formula is C16H18N2O. The molecule has 0 aliphatic carbocycles. The Balaban J connectivity index is 1.97. The lowest BCUT2D eigenvalue weighted by molar-refractivity contribution is 0.0685. The summed E-state index contributed by atoms with van der Waals surface area (Å²) in [4.78, 5) is 18.8. The van der Waals surface area contributed by atoms with E-state index in [4.69, 9.17) is 0 Å². The molecule has 1 amide bonds. The zero-order chi connectivity index (χ0) is 13.2. The SMILES string of the molecule is CC1CCCN(C(=O)c2cccc3ccncc23)C1. The number of likely N-dealkylation sites (tertiary alicyclic amines) is 1. The molecule has 2 aromatic rings. The van der Waals surface area contributed by atoms with E-state index in [1.165, 1.54) is 6.42 Å². The van der Waals surface area contributed by atoms with Crippen LogP contribution in [0.3, 0.4) is 0 Å². The normalized spacial score (nSPS) is 19.6. The molecule has 1 saturated heterocycles. The Hall–Kier alpha value is -1.90. The number of aromatic nitrogens is 1. The summed E-state index contributed by atoms with van der Waals surface area (Å²) in [5.41, 5.74) is 0.778. The topological polar surface area (TPSA) is 33.2 Å². The number of piperidine rings is 1. The number of pyridine rings is 1. The predicted octanol–water partition coefficient (Wildman–Crippen LogP) is 3.11. The van der Waals surface area contributed by atoms with Gasteiger partial charge in [-0.1, -0.05) is 19.1 Å². The zero-order valence-corrected chi connectivity index (χ0v) is 11.2. The van der Waals surface area contributed by atoms with E-state index in [1.54, 1.807) is 12.4 Å². The van der Waals surface area contributed by atoms with Gasteiger partial charge in [0.1, 0.15) is 0 Å². The molecule has 1 aromatic heterocycles. The van der Waals surface area contributed by atoms with E-state index in [0.717, 1.165) is 35.8 Å². The molecule has 1 unspecified atom stereocenters. The maximum absolute atomic E-state index is 12.7. The van der Waals surface area contributed by atoms with Crippen LogP contribution in [0, 0.1) is 5.92 Å². The van der Waals surface area contributed by atoms with Gasteiger partial charge < -0.3 is 4.90 Å². The Morgan fingerprint density at radius 1 is 1.37 bits per heavy atom. The molecule has 1 fully saturated rings. The Morgan fingerprint density at radius 2 is 2.26 bits per heavy atom. The van der Waals surface area contributed by atoms with Crippen molar-refractivity contribution in [2.75, 3.05) is 13.1 Å². The highest BCUT2D eigenvalue weighted by Gasteiger charge is 2.23. The van der Waals surface area contributed by atoms with Crippen molar-refractivity contribution >= 4 is 16.7 Å². The number of carbonyl (C=O) groups is 1. The Kier molecular flexibility index (Phi) is 3.20. The largest absolute Gasteiger partial charge is 0.338 e. The van der Waals surface area contributed by atoms with Gasteiger partial charge >= 0.3 is 0 Å². The number of hydrogen-bond donors (Lipinski definition) is 0. The van der Waals surface area contributed by atoms with Crippen LogP contribution in [0.1, 0.15) is 30.1 Å². The molecule has 19 heavy (non-hydrogen) atoms.